The number of anilines is 3. The number of aliphatic carboxylic acids is 1. The molecule has 0 saturated carbocycles. The van der Waals surface area contributed by atoms with Crippen LogP contribution in [0.5, 0.6) is 0 Å². The van der Waals surface area contributed by atoms with Crippen molar-refractivity contribution in [3.8, 4) is 0 Å². The topological polar surface area (TPSA) is 194 Å². The molecule has 45 heavy (non-hydrogen) atoms. The summed E-state index contributed by atoms with van der Waals surface area (Å²) in [6.45, 7) is 0. The molecule has 13 nitrogen and oxygen atoms in total. The summed E-state index contributed by atoms with van der Waals surface area (Å²) in [5, 5.41) is 11.8. The summed E-state index contributed by atoms with van der Waals surface area (Å²) in [5.41, 5.74) is 1.10. The molecular weight excluding hydrogens is 626 g/mol. The van der Waals surface area contributed by atoms with Gasteiger partial charge in [-0.1, -0.05) is 36.4 Å². The minimum Gasteiger partial charge on any atom is -0.481 e. The van der Waals surface area contributed by atoms with E-state index >= 15 is 0 Å². The van der Waals surface area contributed by atoms with E-state index in [1.165, 1.54) is 74.9 Å². The molecule has 4 rings (SSSR count). The molecule has 1 unspecified atom stereocenters. The number of amides is 1. The van der Waals surface area contributed by atoms with Gasteiger partial charge in [-0.05, 0) is 54.1 Å². The van der Waals surface area contributed by atoms with Gasteiger partial charge in [-0.15, -0.1) is 0 Å². The molecule has 0 aliphatic carbocycles. The minimum absolute atomic E-state index is 0.0996. The molecule has 0 heterocycles. The van der Waals surface area contributed by atoms with Crippen LogP contribution in [0.2, 0.25) is 0 Å². The fourth-order valence-electron chi connectivity index (χ4n) is 4.37. The monoisotopic (exact) mass is 655 g/mol. The number of sulfonamides is 2. The molecule has 15 heteroatoms. The fourth-order valence-corrected chi connectivity index (χ4v) is 6.72. The second kappa shape index (κ2) is 13.8. The lowest BCUT2D eigenvalue weighted by Gasteiger charge is -2.16. The normalized spacial score (nSPS) is 12.2. The van der Waals surface area contributed by atoms with Gasteiger partial charge in [0, 0.05) is 35.7 Å². The lowest BCUT2D eigenvalue weighted by Crippen LogP contribution is -2.17. The number of carboxylic acids is 1. The molecule has 1 atom stereocenters. The third-order valence-corrected chi connectivity index (χ3v) is 9.37. The maximum Gasteiger partial charge on any atom is 0.339 e. The molecule has 236 valence electrons. The number of fused-ring (bicyclic) bond motifs is 1. The summed E-state index contributed by atoms with van der Waals surface area (Å²) in [4.78, 5) is 34.2. The molecule has 0 aliphatic heterocycles. The van der Waals surface area contributed by atoms with Crippen LogP contribution in [0, 0.1) is 0 Å². The van der Waals surface area contributed by atoms with E-state index in [0.717, 1.165) is 0 Å². The Morgan fingerprint density at radius 2 is 1.36 bits per heavy atom. The van der Waals surface area contributed by atoms with Gasteiger partial charge >= 0.3 is 11.9 Å². The van der Waals surface area contributed by atoms with Crippen LogP contribution in [0.15, 0.2) is 94.7 Å². The molecule has 1 amide bonds. The standard InChI is InChI=1S/C30H29N3O10S2/c1-42-29(30(37)43-2)19-7-9-21(10-8-19)32-45(40,41)26-16-15-25(23-5-3-4-6-24(23)26)33-44(38,39)22-13-11-20(12-14-22)31-27(34)17-18-28(35)36/h3-16,29,32-33H,17-18H2,1-2H3,(H,31,34)(H,35,36). The molecule has 4 N–H and O–H groups in total. The first-order valence-corrected chi connectivity index (χ1v) is 16.2. The van der Waals surface area contributed by atoms with E-state index in [1.54, 1.807) is 24.3 Å². The summed E-state index contributed by atoms with van der Waals surface area (Å²) in [7, 11) is -5.72. The Hall–Kier alpha value is -4.99. The Labute approximate surface area is 259 Å². The van der Waals surface area contributed by atoms with E-state index in [4.69, 9.17) is 14.6 Å². The molecule has 0 fully saturated rings. The fraction of sp³-hybridized carbons (Fsp3) is 0.167. The van der Waals surface area contributed by atoms with E-state index in [2.05, 4.69) is 14.8 Å². The van der Waals surface area contributed by atoms with Gasteiger partial charge in [0.2, 0.25) is 5.91 Å². The zero-order valence-electron chi connectivity index (χ0n) is 24.0. The van der Waals surface area contributed by atoms with Crippen LogP contribution in [0.4, 0.5) is 17.1 Å². The number of benzene rings is 4. The van der Waals surface area contributed by atoms with Gasteiger partial charge < -0.3 is 19.9 Å². The molecule has 0 aliphatic rings. The summed E-state index contributed by atoms with van der Waals surface area (Å²) in [5.74, 6) is -2.25. The predicted molar refractivity (Wildman–Crippen MR) is 166 cm³/mol. The van der Waals surface area contributed by atoms with Gasteiger partial charge in [0.25, 0.3) is 20.0 Å². The van der Waals surface area contributed by atoms with E-state index in [-0.39, 0.29) is 45.1 Å². The highest BCUT2D eigenvalue weighted by Gasteiger charge is 2.23. The van der Waals surface area contributed by atoms with Crippen molar-refractivity contribution in [2.45, 2.75) is 28.7 Å². The summed E-state index contributed by atoms with van der Waals surface area (Å²) >= 11 is 0. The third-order valence-electron chi connectivity index (χ3n) is 6.55. The number of methoxy groups -OCH3 is 2. The van der Waals surface area contributed by atoms with Crippen LogP contribution in [0.3, 0.4) is 0 Å². The predicted octanol–water partition coefficient (Wildman–Crippen LogP) is 4.11. The summed E-state index contributed by atoms with van der Waals surface area (Å²) < 4.78 is 68.2. The average Bonchev–Trinajstić information content (AvgIpc) is 3.01. The van der Waals surface area contributed by atoms with Crippen LogP contribution in [-0.2, 0) is 43.9 Å². The van der Waals surface area contributed by atoms with Crippen molar-refractivity contribution in [1.82, 2.24) is 0 Å². The molecule has 4 aromatic carbocycles. The first kappa shape index (κ1) is 32.9. The van der Waals surface area contributed by atoms with Gasteiger partial charge in [0.1, 0.15) is 0 Å². The Bertz CT molecular complexity index is 1940. The first-order valence-electron chi connectivity index (χ1n) is 13.2. The van der Waals surface area contributed by atoms with Crippen molar-refractivity contribution in [3.63, 3.8) is 0 Å². The van der Waals surface area contributed by atoms with Crippen molar-refractivity contribution < 1.29 is 45.8 Å². The maximum absolute atomic E-state index is 13.4. The number of rotatable bonds is 13. The number of carboxylic acid groups (broad SMARTS) is 1. The third kappa shape index (κ3) is 7.94. The number of hydrogen-bond donors (Lipinski definition) is 4. The number of carbonyl (C=O) groups is 3. The van der Waals surface area contributed by atoms with Crippen molar-refractivity contribution in [1.29, 1.82) is 0 Å². The van der Waals surface area contributed by atoms with Gasteiger partial charge in [-0.3, -0.25) is 19.0 Å². The zero-order valence-corrected chi connectivity index (χ0v) is 25.6. The highest BCUT2D eigenvalue weighted by molar-refractivity contribution is 7.93. The number of carbonyl (C=O) groups excluding carboxylic acids is 2. The molecule has 0 radical (unpaired) electrons. The Balaban J connectivity index is 1.55. The number of hydrogen-bond acceptors (Lipinski definition) is 9. The van der Waals surface area contributed by atoms with E-state index in [0.29, 0.717) is 10.9 Å². The Morgan fingerprint density at radius 1 is 0.733 bits per heavy atom. The first-order chi connectivity index (χ1) is 21.3. The largest absolute Gasteiger partial charge is 0.481 e. The van der Waals surface area contributed by atoms with Crippen molar-refractivity contribution in [2.24, 2.45) is 0 Å². The average molecular weight is 656 g/mol. The number of nitrogens with one attached hydrogen (secondary N) is 3. The Morgan fingerprint density at radius 3 is 1.96 bits per heavy atom. The van der Waals surface area contributed by atoms with E-state index < -0.39 is 44.0 Å². The van der Waals surface area contributed by atoms with Crippen molar-refractivity contribution in [3.05, 3.63) is 90.5 Å². The number of esters is 1. The van der Waals surface area contributed by atoms with Crippen molar-refractivity contribution >= 4 is 65.7 Å². The second-order valence-electron chi connectivity index (χ2n) is 9.60. The lowest BCUT2D eigenvalue weighted by molar-refractivity contribution is -0.152. The molecule has 0 saturated heterocycles. The van der Waals surface area contributed by atoms with Crippen molar-refractivity contribution in [2.75, 3.05) is 29.0 Å². The summed E-state index contributed by atoms with van der Waals surface area (Å²) in [6.07, 6.45) is -1.55. The van der Waals surface area contributed by atoms with Crippen LogP contribution in [-0.4, -0.2) is 54.0 Å². The van der Waals surface area contributed by atoms with Gasteiger partial charge in [-0.25, -0.2) is 21.6 Å². The van der Waals surface area contributed by atoms with Crippen LogP contribution >= 0.6 is 0 Å². The highest BCUT2D eigenvalue weighted by atomic mass is 32.2. The lowest BCUT2D eigenvalue weighted by atomic mass is 10.1. The van der Waals surface area contributed by atoms with E-state index in [9.17, 15) is 31.2 Å². The number of ether oxygens (including phenoxy) is 2. The Kier molecular flexibility index (Phi) is 10.1. The van der Waals surface area contributed by atoms with E-state index in [1.807, 2.05) is 0 Å². The minimum atomic E-state index is -4.15. The van der Waals surface area contributed by atoms with Crippen LogP contribution in [0.1, 0.15) is 24.5 Å². The van der Waals surface area contributed by atoms with Gasteiger partial charge in [0.15, 0.2) is 6.10 Å². The molecule has 4 aromatic rings. The van der Waals surface area contributed by atoms with Crippen LogP contribution in [0.25, 0.3) is 10.8 Å². The SMILES string of the molecule is COC(=O)C(OC)c1ccc(NS(=O)(=O)c2ccc(NS(=O)(=O)c3ccc(NC(=O)CCC(=O)O)cc3)c3ccccc23)cc1. The smallest absolute Gasteiger partial charge is 0.339 e. The molecule has 0 spiro atoms. The molecule has 0 bridgehead atoms. The molecular formula is C30H29N3O10S2. The van der Waals surface area contributed by atoms with Crippen LogP contribution < -0.4 is 14.8 Å². The van der Waals surface area contributed by atoms with Gasteiger partial charge in [-0.2, -0.15) is 0 Å². The maximum atomic E-state index is 13.4. The summed E-state index contributed by atoms with van der Waals surface area (Å²) in [6, 6.07) is 20.3. The molecule has 0 aromatic heterocycles. The quantitative estimate of drug-likeness (QED) is 0.152. The van der Waals surface area contributed by atoms with Gasteiger partial charge in [0.05, 0.1) is 29.0 Å². The zero-order chi connectivity index (χ0) is 32.8. The highest BCUT2D eigenvalue weighted by Crippen LogP contribution is 2.32. The second-order valence-corrected chi connectivity index (χ2v) is 12.9.